The quantitative estimate of drug-likeness (QED) is 0.708. The Bertz CT molecular complexity index is 1110. The molecule has 1 unspecified atom stereocenters. The average Bonchev–Trinajstić information content (AvgIpc) is 3.48. The summed E-state index contributed by atoms with van der Waals surface area (Å²) in [4.78, 5) is 18.8. The molecular formula is C27H30N2O4. The van der Waals surface area contributed by atoms with Crippen LogP contribution < -0.4 is 19.1 Å². The standard InChI is InChI=1S/C27H30N2O4/c30-26-27(16-31-23-15-25-24(14-21(23)27)32-17-33-25)20-6-1-2-7-22(20)29(26)13-10-18-8-11-28(12-9-18)19-4-3-5-19/h1-2,6-7,14-15,18-19H,3-5,8-13,16-17H2. The first kappa shape index (κ1) is 19.7. The molecule has 1 saturated carbocycles. The van der Waals surface area contributed by atoms with Gasteiger partial charge in [-0.15, -0.1) is 0 Å². The number of amides is 1. The summed E-state index contributed by atoms with van der Waals surface area (Å²) in [7, 11) is 0. The van der Waals surface area contributed by atoms with E-state index in [1.807, 2.05) is 29.2 Å². The van der Waals surface area contributed by atoms with E-state index >= 15 is 0 Å². The fourth-order valence-corrected chi connectivity index (χ4v) is 6.46. The molecule has 0 radical (unpaired) electrons. The van der Waals surface area contributed by atoms with Gasteiger partial charge in [0.2, 0.25) is 12.7 Å². The molecule has 2 aromatic carbocycles. The molecule has 1 spiro atoms. The van der Waals surface area contributed by atoms with Crippen LogP contribution in [0.3, 0.4) is 0 Å². The second kappa shape index (κ2) is 7.39. The summed E-state index contributed by atoms with van der Waals surface area (Å²) in [6.07, 6.45) is 7.73. The van der Waals surface area contributed by atoms with E-state index in [0.29, 0.717) is 24.0 Å². The number of hydrogen-bond donors (Lipinski definition) is 0. The van der Waals surface area contributed by atoms with Gasteiger partial charge in [0.15, 0.2) is 11.5 Å². The summed E-state index contributed by atoms with van der Waals surface area (Å²) in [5, 5.41) is 0. The van der Waals surface area contributed by atoms with Gasteiger partial charge in [-0.3, -0.25) is 4.79 Å². The summed E-state index contributed by atoms with van der Waals surface area (Å²) in [6.45, 7) is 3.75. The highest BCUT2D eigenvalue weighted by Crippen LogP contribution is 2.55. The molecule has 1 atom stereocenters. The number of anilines is 1. The molecule has 4 aliphatic heterocycles. The molecule has 1 amide bonds. The molecule has 0 aromatic heterocycles. The molecule has 0 N–H and O–H groups in total. The third-order valence-electron chi connectivity index (χ3n) is 8.64. The number of likely N-dealkylation sites (tertiary alicyclic amines) is 1. The number of rotatable bonds is 4. The topological polar surface area (TPSA) is 51.2 Å². The van der Waals surface area contributed by atoms with Gasteiger partial charge in [0, 0.05) is 29.9 Å². The summed E-state index contributed by atoms with van der Waals surface area (Å²) >= 11 is 0. The molecule has 2 aromatic rings. The predicted octanol–water partition coefficient (Wildman–Crippen LogP) is 4.10. The molecule has 2 fully saturated rings. The average molecular weight is 447 g/mol. The largest absolute Gasteiger partial charge is 0.491 e. The van der Waals surface area contributed by atoms with Gasteiger partial charge in [0.25, 0.3) is 0 Å². The number of fused-ring (bicyclic) bond motifs is 5. The van der Waals surface area contributed by atoms with Crippen LogP contribution in [0.25, 0.3) is 0 Å². The number of carbonyl (C=O) groups is 1. The van der Waals surface area contributed by atoms with E-state index < -0.39 is 5.41 Å². The zero-order chi connectivity index (χ0) is 22.0. The lowest BCUT2D eigenvalue weighted by molar-refractivity contribution is -0.122. The highest BCUT2D eigenvalue weighted by atomic mass is 16.7. The summed E-state index contributed by atoms with van der Waals surface area (Å²) in [5.41, 5.74) is 2.19. The maximum atomic E-state index is 14.1. The van der Waals surface area contributed by atoms with Crippen molar-refractivity contribution in [1.82, 2.24) is 4.90 Å². The minimum atomic E-state index is -0.791. The van der Waals surface area contributed by atoms with E-state index in [1.54, 1.807) is 0 Å². The molecule has 1 aliphatic carbocycles. The molecule has 172 valence electrons. The van der Waals surface area contributed by atoms with Gasteiger partial charge in [-0.1, -0.05) is 24.6 Å². The Morgan fingerprint density at radius 3 is 2.48 bits per heavy atom. The molecule has 0 bridgehead atoms. The molecule has 4 heterocycles. The van der Waals surface area contributed by atoms with Crippen LogP contribution in [0.2, 0.25) is 0 Å². The van der Waals surface area contributed by atoms with Crippen LogP contribution in [0.5, 0.6) is 17.2 Å². The van der Waals surface area contributed by atoms with E-state index in [1.165, 1.54) is 45.2 Å². The minimum absolute atomic E-state index is 0.133. The fourth-order valence-electron chi connectivity index (χ4n) is 6.46. The third-order valence-corrected chi connectivity index (χ3v) is 8.64. The number of nitrogens with zero attached hydrogens (tertiary/aromatic N) is 2. The predicted molar refractivity (Wildman–Crippen MR) is 124 cm³/mol. The van der Waals surface area contributed by atoms with Crippen molar-refractivity contribution in [1.29, 1.82) is 0 Å². The highest BCUT2D eigenvalue weighted by Gasteiger charge is 2.57. The van der Waals surface area contributed by atoms with E-state index in [2.05, 4.69) is 17.0 Å². The van der Waals surface area contributed by atoms with Crippen molar-refractivity contribution in [2.24, 2.45) is 5.92 Å². The second-order valence-corrected chi connectivity index (χ2v) is 10.2. The SMILES string of the molecule is O=C1N(CCC2CCN(C3CCC3)CC2)c2ccccc2C12COc1cc3c(cc12)OCO3. The maximum absolute atomic E-state index is 14.1. The lowest BCUT2D eigenvalue weighted by Gasteiger charge is -2.42. The van der Waals surface area contributed by atoms with E-state index in [0.717, 1.165) is 41.6 Å². The van der Waals surface area contributed by atoms with Gasteiger partial charge in [0.05, 0.1) is 0 Å². The third kappa shape index (κ3) is 2.86. The summed E-state index contributed by atoms with van der Waals surface area (Å²) in [6, 6.07) is 12.9. The molecule has 6 heteroatoms. The first-order valence-electron chi connectivity index (χ1n) is 12.5. The molecular weight excluding hydrogens is 416 g/mol. The summed E-state index contributed by atoms with van der Waals surface area (Å²) in [5.74, 6) is 2.94. The number of para-hydroxylation sites is 1. The lowest BCUT2D eigenvalue weighted by atomic mass is 9.77. The van der Waals surface area contributed by atoms with Crippen molar-refractivity contribution in [2.75, 3.05) is 37.9 Å². The van der Waals surface area contributed by atoms with Gasteiger partial charge in [-0.05, 0) is 68.8 Å². The number of piperidine rings is 1. The fraction of sp³-hybridized carbons (Fsp3) is 0.519. The molecule has 33 heavy (non-hydrogen) atoms. The van der Waals surface area contributed by atoms with Crippen LogP contribution in [0.4, 0.5) is 5.69 Å². The van der Waals surface area contributed by atoms with Gasteiger partial charge in [-0.25, -0.2) is 0 Å². The Labute approximate surface area is 194 Å². The number of benzene rings is 2. The Morgan fingerprint density at radius 2 is 1.70 bits per heavy atom. The van der Waals surface area contributed by atoms with Crippen LogP contribution >= 0.6 is 0 Å². The zero-order valence-corrected chi connectivity index (χ0v) is 18.9. The van der Waals surface area contributed by atoms with Crippen LogP contribution in [0.1, 0.15) is 49.7 Å². The normalized spacial score (nSPS) is 26.4. The molecule has 7 rings (SSSR count). The highest BCUT2D eigenvalue weighted by molar-refractivity contribution is 6.11. The van der Waals surface area contributed by atoms with Crippen molar-refractivity contribution in [2.45, 2.75) is 50.0 Å². The van der Waals surface area contributed by atoms with Crippen LogP contribution in [0.15, 0.2) is 36.4 Å². The Kier molecular flexibility index (Phi) is 4.41. The number of hydrogen-bond acceptors (Lipinski definition) is 5. The van der Waals surface area contributed by atoms with E-state index in [-0.39, 0.29) is 12.7 Å². The first-order chi connectivity index (χ1) is 16.2. The monoisotopic (exact) mass is 446 g/mol. The Morgan fingerprint density at radius 1 is 0.909 bits per heavy atom. The van der Waals surface area contributed by atoms with Gasteiger partial charge in [0.1, 0.15) is 17.8 Å². The lowest BCUT2D eigenvalue weighted by Crippen LogP contribution is -2.45. The van der Waals surface area contributed by atoms with Gasteiger partial charge >= 0.3 is 0 Å². The maximum Gasteiger partial charge on any atom is 0.245 e. The van der Waals surface area contributed by atoms with E-state index in [4.69, 9.17) is 14.2 Å². The molecule has 6 nitrogen and oxygen atoms in total. The molecule has 5 aliphatic rings. The smallest absolute Gasteiger partial charge is 0.245 e. The van der Waals surface area contributed by atoms with Crippen molar-refractivity contribution in [3.63, 3.8) is 0 Å². The van der Waals surface area contributed by atoms with Gasteiger partial charge in [-0.2, -0.15) is 0 Å². The molecule has 1 saturated heterocycles. The van der Waals surface area contributed by atoms with Gasteiger partial charge < -0.3 is 24.0 Å². The van der Waals surface area contributed by atoms with Crippen LogP contribution in [0, 0.1) is 5.92 Å². The second-order valence-electron chi connectivity index (χ2n) is 10.2. The Balaban J connectivity index is 1.14. The first-order valence-corrected chi connectivity index (χ1v) is 12.5. The minimum Gasteiger partial charge on any atom is -0.491 e. The van der Waals surface area contributed by atoms with E-state index in [9.17, 15) is 4.79 Å². The van der Waals surface area contributed by atoms with Crippen molar-refractivity contribution in [3.05, 3.63) is 47.5 Å². The van der Waals surface area contributed by atoms with Crippen LogP contribution in [-0.2, 0) is 10.2 Å². The Hall–Kier alpha value is -2.73. The zero-order valence-electron chi connectivity index (χ0n) is 18.9. The number of ether oxygens (including phenoxy) is 3. The van der Waals surface area contributed by atoms with Crippen LogP contribution in [-0.4, -0.2) is 49.9 Å². The summed E-state index contributed by atoms with van der Waals surface area (Å²) < 4.78 is 17.3. The van der Waals surface area contributed by atoms with Crippen molar-refractivity contribution >= 4 is 11.6 Å². The number of carbonyl (C=O) groups excluding carboxylic acids is 1. The van der Waals surface area contributed by atoms with Crippen molar-refractivity contribution in [3.8, 4) is 17.2 Å². The van der Waals surface area contributed by atoms with Crippen molar-refractivity contribution < 1.29 is 19.0 Å².